The van der Waals surface area contributed by atoms with Crippen LogP contribution in [0.4, 0.5) is 0 Å². The highest BCUT2D eigenvalue weighted by molar-refractivity contribution is 5.27. The minimum Gasteiger partial charge on any atom is -0.376 e. The van der Waals surface area contributed by atoms with E-state index >= 15 is 0 Å². The summed E-state index contributed by atoms with van der Waals surface area (Å²) in [6.45, 7) is 7.26. The van der Waals surface area contributed by atoms with Gasteiger partial charge in [0.2, 0.25) is 0 Å². The third-order valence-electron chi connectivity index (χ3n) is 5.18. The van der Waals surface area contributed by atoms with Crippen molar-refractivity contribution in [3.05, 3.63) is 71.8 Å². The second kappa shape index (κ2) is 7.50. The van der Waals surface area contributed by atoms with Gasteiger partial charge in [-0.1, -0.05) is 60.7 Å². The second-order valence-corrected chi connectivity index (χ2v) is 7.59. The third-order valence-corrected chi connectivity index (χ3v) is 5.18. The van der Waals surface area contributed by atoms with Crippen LogP contribution >= 0.6 is 0 Å². The molecular formula is C22H29NO. The van der Waals surface area contributed by atoms with E-state index in [1.165, 1.54) is 11.1 Å². The van der Waals surface area contributed by atoms with Crippen molar-refractivity contribution in [3.8, 4) is 0 Å². The molecule has 2 heteroatoms. The molecule has 1 fully saturated rings. The van der Waals surface area contributed by atoms with Crippen molar-refractivity contribution in [2.45, 2.75) is 50.7 Å². The first-order valence-corrected chi connectivity index (χ1v) is 9.04. The minimum absolute atomic E-state index is 0.0481. The quantitative estimate of drug-likeness (QED) is 0.779. The van der Waals surface area contributed by atoms with Gasteiger partial charge in [-0.25, -0.2) is 0 Å². The highest BCUT2D eigenvalue weighted by atomic mass is 16.5. The van der Waals surface area contributed by atoms with Gasteiger partial charge < -0.3 is 10.1 Å². The van der Waals surface area contributed by atoms with Gasteiger partial charge in [0.1, 0.15) is 0 Å². The number of nitrogens with one attached hydrogen (secondary N) is 1. The number of ether oxygens (including phenoxy) is 1. The van der Waals surface area contributed by atoms with Crippen molar-refractivity contribution >= 4 is 0 Å². The van der Waals surface area contributed by atoms with Crippen LogP contribution in [0.3, 0.4) is 0 Å². The summed E-state index contributed by atoms with van der Waals surface area (Å²) in [5, 5.41) is 3.63. The lowest BCUT2D eigenvalue weighted by Gasteiger charge is -2.45. The first-order valence-electron chi connectivity index (χ1n) is 9.04. The molecule has 0 amide bonds. The molecule has 128 valence electrons. The summed E-state index contributed by atoms with van der Waals surface area (Å²) in [7, 11) is 0. The monoisotopic (exact) mass is 323 g/mol. The van der Waals surface area contributed by atoms with Gasteiger partial charge in [-0.2, -0.15) is 0 Å². The predicted octanol–water partition coefficient (Wildman–Crippen LogP) is 4.69. The van der Waals surface area contributed by atoms with Gasteiger partial charge >= 0.3 is 0 Å². The number of benzene rings is 2. The van der Waals surface area contributed by atoms with Crippen LogP contribution in [-0.2, 0) is 16.7 Å². The van der Waals surface area contributed by atoms with E-state index in [9.17, 15) is 0 Å². The molecule has 2 aromatic rings. The van der Waals surface area contributed by atoms with Gasteiger partial charge in [0, 0.05) is 18.6 Å². The molecule has 2 aromatic carbocycles. The standard InChI is InChI=1S/C22H29NO/c1-21(2)18-22(14-16-24-21,20-11-7-4-8-12-20)13-15-23-17-19-9-5-3-6-10-19/h3-12,23H,13-18H2,1-2H3/t22-/m1/s1. The summed E-state index contributed by atoms with van der Waals surface area (Å²) < 4.78 is 6.00. The van der Waals surface area contributed by atoms with E-state index in [4.69, 9.17) is 4.74 Å². The van der Waals surface area contributed by atoms with E-state index in [1.807, 2.05) is 0 Å². The Hall–Kier alpha value is -1.64. The summed E-state index contributed by atoms with van der Waals surface area (Å²) >= 11 is 0. The van der Waals surface area contributed by atoms with Crippen LogP contribution in [0.15, 0.2) is 60.7 Å². The van der Waals surface area contributed by atoms with E-state index in [-0.39, 0.29) is 11.0 Å². The zero-order valence-corrected chi connectivity index (χ0v) is 14.9. The lowest BCUT2D eigenvalue weighted by atomic mass is 9.67. The molecule has 24 heavy (non-hydrogen) atoms. The summed E-state index contributed by atoms with van der Waals surface area (Å²) in [6, 6.07) is 21.6. The Labute approximate surface area is 146 Å². The maximum Gasteiger partial charge on any atom is 0.0635 e. The van der Waals surface area contributed by atoms with E-state index in [1.54, 1.807) is 0 Å². The average Bonchev–Trinajstić information content (AvgIpc) is 2.60. The number of hydrogen-bond donors (Lipinski definition) is 1. The van der Waals surface area contributed by atoms with Gasteiger partial charge in [-0.15, -0.1) is 0 Å². The molecule has 0 aromatic heterocycles. The second-order valence-electron chi connectivity index (χ2n) is 7.59. The Balaban J connectivity index is 1.67. The molecule has 1 aliphatic rings. The summed E-state index contributed by atoms with van der Waals surface area (Å²) in [5.74, 6) is 0. The molecule has 0 aliphatic carbocycles. The Morgan fingerprint density at radius 3 is 2.29 bits per heavy atom. The minimum atomic E-state index is -0.0481. The van der Waals surface area contributed by atoms with E-state index in [2.05, 4.69) is 79.8 Å². The molecule has 1 atom stereocenters. The Morgan fingerprint density at radius 2 is 1.62 bits per heavy atom. The highest BCUT2D eigenvalue weighted by Gasteiger charge is 2.41. The maximum absolute atomic E-state index is 6.00. The van der Waals surface area contributed by atoms with Crippen molar-refractivity contribution in [1.82, 2.24) is 5.32 Å². The van der Waals surface area contributed by atoms with Gasteiger partial charge in [0.25, 0.3) is 0 Å². The van der Waals surface area contributed by atoms with E-state index < -0.39 is 0 Å². The summed E-state index contributed by atoms with van der Waals surface area (Å²) in [6.07, 6.45) is 3.33. The fraction of sp³-hybridized carbons (Fsp3) is 0.455. The average molecular weight is 323 g/mol. The van der Waals surface area contributed by atoms with Crippen LogP contribution in [0, 0.1) is 0 Å². The molecule has 0 radical (unpaired) electrons. The topological polar surface area (TPSA) is 21.3 Å². The summed E-state index contributed by atoms with van der Waals surface area (Å²) in [5.41, 5.74) is 2.97. The van der Waals surface area contributed by atoms with Gasteiger partial charge in [0.15, 0.2) is 0 Å². The fourth-order valence-corrected chi connectivity index (χ4v) is 4.03. The fourth-order valence-electron chi connectivity index (χ4n) is 4.03. The molecule has 0 unspecified atom stereocenters. The van der Waals surface area contributed by atoms with Crippen LogP contribution < -0.4 is 5.32 Å². The maximum atomic E-state index is 6.00. The van der Waals surface area contributed by atoms with Crippen molar-refractivity contribution < 1.29 is 4.74 Å². The van der Waals surface area contributed by atoms with Crippen molar-refractivity contribution in [1.29, 1.82) is 0 Å². The van der Waals surface area contributed by atoms with Crippen molar-refractivity contribution in [2.24, 2.45) is 0 Å². The molecule has 1 heterocycles. The molecular weight excluding hydrogens is 294 g/mol. The Kier molecular flexibility index (Phi) is 5.37. The highest BCUT2D eigenvalue weighted by Crippen LogP contribution is 2.43. The summed E-state index contributed by atoms with van der Waals surface area (Å²) in [4.78, 5) is 0. The zero-order chi connectivity index (χ0) is 16.9. The predicted molar refractivity (Wildman–Crippen MR) is 100 cm³/mol. The molecule has 1 saturated heterocycles. The Morgan fingerprint density at radius 1 is 0.958 bits per heavy atom. The molecule has 0 spiro atoms. The van der Waals surface area contributed by atoms with Crippen molar-refractivity contribution in [2.75, 3.05) is 13.2 Å². The van der Waals surface area contributed by atoms with Crippen LogP contribution in [0.25, 0.3) is 0 Å². The molecule has 1 aliphatic heterocycles. The first-order chi connectivity index (χ1) is 11.6. The van der Waals surface area contributed by atoms with E-state index in [0.29, 0.717) is 0 Å². The van der Waals surface area contributed by atoms with Crippen LogP contribution in [0.2, 0.25) is 0 Å². The van der Waals surface area contributed by atoms with Gasteiger partial charge in [-0.05, 0) is 50.8 Å². The smallest absolute Gasteiger partial charge is 0.0635 e. The van der Waals surface area contributed by atoms with E-state index in [0.717, 1.165) is 39.0 Å². The lowest BCUT2D eigenvalue weighted by molar-refractivity contribution is -0.0840. The number of rotatable bonds is 6. The molecule has 3 rings (SSSR count). The largest absolute Gasteiger partial charge is 0.376 e. The molecule has 2 nitrogen and oxygen atoms in total. The van der Waals surface area contributed by atoms with Crippen LogP contribution in [0.5, 0.6) is 0 Å². The van der Waals surface area contributed by atoms with Crippen molar-refractivity contribution in [3.63, 3.8) is 0 Å². The SMILES string of the molecule is CC1(C)C[C@](CCNCc2ccccc2)(c2ccccc2)CCO1. The van der Waals surface area contributed by atoms with Gasteiger partial charge in [0.05, 0.1) is 5.60 Å². The van der Waals surface area contributed by atoms with Crippen LogP contribution in [-0.4, -0.2) is 18.8 Å². The molecule has 1 N–H and O–H groups in total. The Bertz CT molecular complexity index is 623. The van der Waals surface area contributed by atoms with Crippen LogP contribution in [0.1, 0.15) is 44.2 Å². The first kappa shape index (κ1) is 17.2. The molecule has 0 saturated carbocycles. The lowest BCUT2D eigenvalue weighted by Crippen LogP contribution is -2.45. The van der Waals surface area contributed by atoms with Gasteiger partial charge in [-0.3, -0.25) is 0 Å². The third kappa shape index (κ3) is 4.25. The zero-order valence-electron chi connectivity index (χ0n) is 14.9. The molecule has 0 bridgehead atoms. The normalized spacial score (nSPS) is 23.1. The number of hydrogen-bond acceptors (Lipinski definition) is 2.